The number of nitrogens with two attached hydrogens (primary N) is 1. The number of rotatable bonds is 4. The zero-order valence-corrected chi connectivity index (χ0v) is 10.2. The van der Waals surface area contributed by atoms with Gasteiger partial charge in [0.1, 0.15) is 5.75 Å². The lowest BCUT2D eigenvalue weighted by molar-refractivity contribution is -0.0508. The van der Waals surface area contributed by atoms with Crippen LogP contribution in [0.2, 0.25) is 0 Å². The van der Waals surface area contributed by atoms with Crippen LogP contribution in [0.5, 0.6) is 5.75 Å². The van der Waals surface area contributed by atoms with E-state index in [-0.39, 0.29) is 11.8 Å². The van der Waals surface area contributed by atoms with Crippen molar-refractivity contribution in [3.8, 4) is 5.75 Å². The Morgan fingerprint density at radius 1 is 1.39 bits per heavy atom. The Kier molecular flexibility index (Phi) is 4.49. The first-order valence-corrected chi connectivity index (χ1v) is 6.16. The lowest BCUT2D eigenvalue weighted by Gasteiger charge is -2.31. The summed E-state index contributed by atoms with van der Waals surface area (Å²) in [7, 11) is 0. The number of alkyl halides is 2. The van der Waals surface area contributed by atoms with Gasteiger partial charge in [-0.25, -0.2) is 0 Å². The number of hydrogen-bond acceptors (Lipinski definition) is 3. The zero-order chi connectivity index (χ0) is 13.0. The number of likely N-dealkylation sites (tertiary alicyclic amines) is 1. The summed E-state index contributed by atoms with van der Waals surface area (Å²) in [5.74, 6) is 0.256. The van der Waals surface area contributed by atoms with Crippen molar-refractivity contribution in [3.63, 3.8) is 0 Å². The van der Waals surface area contributed by atoms with Crippen molar-refractivity contribution >= 4 is 0 Å². The molecule has 1 fully saturated rings. The number of benzene rings is 1. The smallest absolute Gasteiger partial charge is 0.387 e. The van der Waals surface area contributed by atoms with Crippen LogP contribution in [0, 0.1) is 0 Å². The Balaban J connectivity index is 2.03. The second-order valence-electron chi connectivity index (χ2n) is 4.62. The number of para-hydroxylation sites is 1. The van der Waals surface area contributed by atoms with E-state index in [1.165, 1.54) is 0 Å². The van der Waals surface area contributed by atoms with E-state index in [4.69, 9.17) is 5.73 Å². The molecule has 0 aliphatic carbocycles. The average Bonchev–Trinajstić information content (AvgIpc) is 2.31. The van der Waals surface area contributed by atoms with E-state index in [0.717, 1.165) is 31.5 Å². The van der Waals surface area contributed by atoms with Crippen LogP contribution in [0.15, 0.2) is 24.3 Å². The van der Waals surface area contributed by atoms with E-state index >= 15 is 0 Å². The van der Waals surface area contributed by atoms with Crippen molar-refractivity contribution in [2.45, 2.75) is 32.0 Å². The summed E-state index contributed by atoms with van der Waals surface area (Å²) in [4.78, 5) is 2.18. The maximum atomic E-state index is 12.3. The molecule has 1 atom stereocenters. The highest BCUT2D eigenvalue weighted by Gasteiger charge is 2.18. The molecule has 0 aromatic heterocycles. The number of hydrogen-bond donors (Lipinski definition) is 1. The second kappa shape index (κ2) is 6.11. The molecule has 1 heterocycles. The summed E-state index contributed by atoms with van der Waals surface area (Å²) in [5.41, 5.74) is 6.69. The molecule has 1 aromatic carbocycles. The predicted molar refractivity (Wildman–Crippen MR) is 65.6 cm³/mol. The van der Waals surface area contributed by atoms with E-state index < -0.39 is 6.61 Å². The van der Waals surface area contributed by atoms with Gasteiger partial charge in [0.15, 0.2) is 0 Å². The van der Waals surface area contributed by atoms with Crippen LogP contribution >= 0.6 is 0 Å². The van der Waals surface area contributed by atoms with Gasteiger partial charge in [-0.15, -0.1) is 0 Å². The van der Waals surface area contributed by atoms with E-state index in [1.54, 1.807) is 12.1 Å². The molecule has 1 aliphatic rings. The van der Waals surface area contributed by atoms with Crippen molar-refractivity contribution in [1.29, 1.82) is 0 Å². The molecule has 0 spiro atoms. The van der Waals surface area contributed by atoms with Gasteiger partial charge in [0, 0.05) is 24.7 Å². The van der Waals surface area contributed by atoms with Crippen LogP contribution in [0.1, 0.15) is 18.4 Å². The van der Waals surface area contributed by atoms with E-state index in [1.807, 2.05) is 12.1 Å². The Bertz CT molecular complexity index is 387. The van der Waals surface area contributed by atoms with Gasteiger partial charge in [-0.1, -0.05) is 18.2 Å². The largest absolute Gasteiger partial charge is 0.434 e. The van der Waals surface area contributed by atoms with Gasteiger partial charge in [0.2, 0.25) is 0 Å². The lowest BCUT2D eigenvalue weighted by atomic mass is 10.1. The molecule has 5 heteroatoms. The normalized spacial score (nSPS) is 21.2. The second-order valence-corrected chi connectivity index (χ2v) is 4.62. The Morgan fingerprint density at radius 3 is 2.89 bits per heavy atom. The average molecular weight is 256 g/mol. The molecule has 1 saturated heterocycles. The van der Waals surface area contributed by atoms with Gasteiger partial charge in [-0.2, -0.15) is 8.78 Å². The molecule has 0 bridgehead atoms. The molecule has 18 heavy (non-hydrogen) atoms. The molecule has 2 N–H and O–H groups in total. The van der Waals surface area contributed by atoms with Gasteiger partial charge in [-0.3, -0.25) is 4.90 Å². The van der Waals surface area contributed by atoms with Crippen LogP contribution in [0.25, 0.3) is 0 Å². The van der Waals surface area contributed by atoms with Crippen molar-refractivity contribution in [2.75, 3.05) is 13.1 Å². The van der Waals surface area contributed by atoms with Gasteiger partial charge in [-0.05, 0) is 25.5 Å². The van der Waals surface area contributed by atoms with Crippen LogP contribution in [0.4, 0.5) is 8.78 Å². The van der Waals surface area contributed by atoms with E-state index in [0.29, 0.717) is 6.54 Å². The molecule has 0 unspecified atom stereocenters. The number of nitrogens with zero attached hydrogens (tertiary/aromatic N) is 1. The maximum absolute atomic E-state index is 12.3. The number of piperidine rings is 1. The topological polar surface area (TPSA) is 38.5 Å². The minimum atomic E-state index is -2.78. The summed E-state index contributed by atoms with van der Waals surface area (Å²) >= 11 is 0. The van der Waals surface area contributed by atoms with Crippen molar-refractivity contribution in [1.82, 2.24) is 4.90 Å². The Labute approximate surface area is 106 Å². The molecule has 3 nitrogen and oxygen atoms in total. The SMILES string of the molecule is N[C@@H]1CCCN(Cc2ccccc2OC(F)F)C1. The van der Waals surface area contributed by atoms with Crippen molar-refractivity contribution in [2.24, 2.45) is 5.73 Å². The highest BCUT2D eigenvalue weighted by Crippen LogP contribution is 2.23. The highest BCUT2D eigenvalue weighted by atomic mass is 19.3. The predicted octanol–water partition coefficient (Wildman–Crippen LogP) is 2.21. The fourth-order valence-electron chi connectivity index (χ4n) is 2.32. The van der Waals surface area contributed by atoms with Crippen LogP contribution in [-0.2, 0) is 6.54 Å². The van der Waals surface area contributed by atoms with E-state index in [2.05, 4.69) is 9.64 Å². The first kappa shape index (κ1) is 13.2. The fourth-order valence-corrected chi connectivity index (χ4v) is 2.32. The third-order valence-corrected chi connectivity index (χ3v) is 3.12. The molecule has 0 saturated carbocycles. The molecule has 100 valence electrons. The summed E-state index contributed by atoms with van der Waals surface area (Å²) < 4.78 is 29.1. The lowest BCUT2D eigenvalue weighted by Crippen LogP contribution is -2.42. The summed E-state index contributed by atoms with van der Waals surface area (Å²) in [6.07, 6.45) is 2.09. The highest BCUT2D eigenvalue weighted by molar-refractivity contribution is 5.33. The van der Waals surface area contributed by atoms with Gasteiger partial charge < -0.3 is 10.5 Å². The molecule has 1 aromatic rings. The Morgan fingerprint density at radius 2 is 2.17 bits per heavy atom. The third-order valence-electron chi connectivity index (χ3n) is 3.12. The Hall–Kier alpha value is -1.20. The van der Waals surface area contributed by atoms with Gasteiger partial charge in [0.25, 0.3) is 0 Å². The minimum Gasteiger partial charge on any atom is -0.434 e. The van der Waals surface area contributed by atoms with Gasteiger partial charge in [0.05, 0.1) is 0 Å². The number of ether oxygens (including phenoxy) is 1. The quantitative estimate of drug-likeness (QED) is 0.897. The molecule has 0 radical (unpaired) electrons. The van der Waals surface area contributed by atoms with Crippen LogP contribution in [-0.4, -0.2) is 30.6 Å². The third kappa shape index (κ3) is 3.65. The summed E-state index contributed by atoms with van der Waals surface area (Å²) in [6.45, 7) is -0.411. The van der Waals surface area contributed by atoms with E-state index in [9.17, 15) is 8.78 Å². The van der Waals surface area contributed by atoms with Crippen LogP contribution in [0.3, 0.4) is 0 Å². The van der Waals surface area contributed by atoms with Crippen LogP contribution < -0.4 is 10.5 Å². The maximum Gasteiger partial charge on any atom is 0.387 e. The minimum absolute atomic E-state index is 0.182. The zero-order valence-electron chi connectivity index (χ0n) is 10.2. The summed E-state index contributed by atoms with van der Waals surface area (Å²) in [6, 6.07) is 7.10. The number of halogens is 2. The fraction of sp³-hybridized carbons (Fsp3) is 0.538. The summed E-state index contributed by atoms with van der Waals surface area (Å²) in [5, 5.41) is 0. The molecule has 1 aliphatic heterocycles. The molecule has 0 amide bonds. The molecule has 2 rings (SSSR count). The first-order valence-electron chi connectivity index (χ1n) is 6.16. The van der Waals surface area contributed by atoms with Gasteiger partial charge >= 0.3 is 6.61 Å². The van der Waals surface area contributed by atoms with Crippen molar-refractivity contribution in [3.05, 3.63) is 29.8 Å². The monoisotopic (exact) mass is 256 g/mol. The first-order chi connectivity index (χ1) is 8.65. The molecular formula is C13H18F2N2O. The standard InChI is InChI=1S/C13H18F2N2O/c14-13(15)18-12-6-2-1-4-10(12)8-17-7-3-5-11(16)9-17/h1-2,4,6,11,13H,3,5,7-9,16H2/t11-/m1/s1. The molecular weight excluding hydrogens is 238 g/mol. The van der Waals surface area contributed by atoms with Crippen molar-refractivity contribution < 1.29 is 13.5 Å².